The molecule has 2 N–H and O–H groups in total. The van der Waals surface area contributed by atoms with Crippen LogP contribution in [0.15, 0.2) is 0 Å². The van der Waals surface area contributed by atoms with Crippen LogP contribution in [0.5, 0.6) is 0 Å². The normalized spacial score (nSPS) is 37.1. The Hall–Kier alpha value is -0.350. The lowest BCUT2D eigenvalue weighted by Crippen LogP contribution is -2.56. The molecule has 0 spiro atoms. The summed E-state index contributed by atoms with van der Waals surface area (Å²) in [4.78, 5) is 0. The number of hydrogen-bond acceptors (Lipinski definition) is 2. The van der Waals surface area contributed by atoms with Gasteiger partial charge in [0.2, 0.25) is 0 Å². The summed E-state index contributed by atoms with van der Waals surface area (Å²) in [6, 6.07) is 0.730. The fourth-order valence-corrected chi connectivity index (χ4v) is 4.67. The van der Waals surface area contributed by atoms with Crippen molar-refractivity contribution in [3.05, 3.63) is 0 Å². The highest BCUT2D eigenvalue weighted by Gasteiger charge is 2.59. The Labute approximate surface area is 122 Å². The average molecular weight is 284 g/mol. The van der Waals surface area contributed by atoms with Gasteiger partial charge in [0.15, 0.2) is 5.11 Å². The van der Waals surface area contributed by atoms with Gasteiger partial charge in [0, 0.05) is 19.2 Å². The molecule has 0 aromatic heterocycles. The van der Waals surface area contributed by atoms with Gasteiger partial charge in [0.05, 0.1) is 6.61 Å². The van der Waals surface area contributed by atoms with Crippen molar-refractivity contribution in [1.29, 1.82) is 0 Å². The maximum absolute atomic E-state index is 5.47. The second kappa shape index (κ2) is 5.21. The molecule has 3 nitrogen and oxygen atoms in total. The first-order chi connectivity index (χ1) is 8.79. The monoisotopic (exact) mass is 284 g/mol. The molecule has 19 heavy (non-hydrogen) atoms. The molecule has 4 heteroatoms. The van der Waals surface area contributed by atoms with Gasteiger partial charge in [-0.1, -0.05) is 20.8 Å². The van der Waals surface area contributed by atoms with Crippen molar-refractivity contribution in [1.82, 2.24) is 10.6 Å². The fraction of sp³-hybridized carbons (Fsp3) is 0.933. The minimum atomic E-state index is 0.250. The molecular formula is C15H28N2OS. The number of rotatable bonds is 4. The highest BCUT2D eigenvalue weighted by molar-refractivity contribution is 7.80. The molecule has 4 unspecified atom stereocenters. The van der Waals surface area contributed by atoms with Crippen molar-refractivity contribution >= 4 is 17.3 Å². The lowest BCUT2D eigenvalue weighted by Gasteiger charge is -2.43. The van der Waals surface area contributed by atoms with Crippen LogP contribution in [0.25, 0.3) is 0 Å². The molecule has 2 fully saturated rings. The minimum absolute atomic E-state index is 0.250. The highest BCUT2D eigenvalue weighted by atomic mass is 32.1. The number of ether oxygens (including phenoxy) is 1. The number of fused-ring (bicyclic) bond motifs is 2. The fourth-order valence-electron chi connectivity index (χ4n) is 4.35. The first-order valence-electron chi connectivity index (χ1n) is 7.35. The molecule has 0 saturated heterocycles. The van der Waals surface area contributed by atoms with E-state index in [9.17, 15) is 0 Å². The van der Waals surface area contributed by atoms with Gasteiger partial charge in [-0.25, -0.2) is 0 Å². The summed E-state index contributed by atoms with van der Waals surface area (Å²) in [5, 5.41) is 7.69. The van der Waals surface area contributed by atoms with Crippen molar-refractivity contribution in [3.63, 3.8) is 0 Å². The van der Waals surface area contributed by atoms with Crippen LogP contribution in [0.3, 0.4) is 0 Å². The van der Waals surface area contributed by atoms with E-state index in [0.29, 0.717) is 23.5 Å². The first kappa shape index (κ1) is 15.0. The van der Waals surface area contributed by atoms with Crippen molar-refractivity contribution in [3.8, 4) is 0 Å². The van der Waals surface area contributed by atoms with Crippen LogP contribution in [0.4, 0.5) is 0 Å². The molecule has 0 aromatic rings. The van der Waals surface area contributed by atoms with Gasteiger partial charge in [0.25, 0.3) is 0 Å². The van der Waals surface area contributed by atoms with Crippen molar-refractivity contribution in [2.24, 2.45) is 16.7 Å². The summed E-state index contributed by atoms with van der Waals surface area (Å²) >= 11 is 5.47. The smallest absolute Gasteiger partial charge is 0.166 e. The molecule has 2 bridgehead atoms. The third-order valence-electron chi connectivity index (χ3n) is 5.34. The summed E-state index contributed by atoms with van der Waals surface area (Å²) in [7, 11) is 1.72. The Morgan fingerprint density at radius 3 is 2.63 bits per heavy atom. The van der Waals surface area contributed by atoms with E-state index >= 15 is 0 Å². The van der Waals surface area contributed by atoms with E-state index in [1.165, 1.54) is 19.3 Å². The zero-order valence-corrected chi connectivity index (χ0v) is 13.7. The highest BCUT2D eigenvalue weighted by Crippen LogP contribution is 2.62. The summed E-state index contributed by atoms with van der Waals surface area (Å²) in [6.45, 7) is 9.96. The van der Waals surface area contributed by atoms with E-state index in [1.54, 1.807) is 7.11 Å². The SMILES string of the molecule is COCC(C)NC(=S)NC1C2(C)CCC(C2)C1(C)C. The zero-order chi connectivity index (χ0) is 14.3. The first-order valence-corrected chi connectivity index (χ1v) is 7.76. The predicted molar refractivity (Wildman–Crippen MR) is 83.2 cm³/mol. The van der Waals surface area contributed by atoms with Crippen molar-refractivity contribution in [2.45, 2.75) is 59.0 Å². The van der Waals surface area contributed by atoms with Gasteiger partial charge in [-0.2, -0.15) is 0 Å². The summed E-state index contributed by atoms with van der Waals surface area (Å²) < 4.78 is 5.13. The molecule has 0 aliphatic heterocycles. The van der Waals surface area contributed by atoms with Crippen LogP contribution in [-0.2, 0) is 4.74 Å². The molecule has 0 radical (unpaired) electrons. The van der Waals surface area contributed by atoms with Crippen LogP contribution in [0.2, 0.25) is 0 Å². The minimum Gasteiger partial charge on any atom is -0.383 e. The Bertz CT molecular complexity index is 353. The van der Waals surface area contributed by atoms with Gasteiger partial charge in [0.1, 0.15) is 0 Å². The van der Waals surface area contributed by atoms with Gasteiger partial charge in [-0.05, 0) is 55.2 Å². The molecule has 110 valence electrons. The van der Waals surface area contributed by atoms with Gasteiger partial charge < -0.3 is 15.4 Å². The molecule has 2 saturated carbocycles. The van der Waals surface area contributed by atoms with Crippen LogP contribution in [0.1, 0.15) is 47.0 Å². The van der Waals surface area contributed by atoms with Gasteiger partial charge in [-0.3, -0.25) is 0 Å². The quantitative estimate of drug-likeness (QED) is 0.778. The van der Waals surface area contributed by atoms with Gasteiger partial charge >= 0.3 is 0 Å². The summed E-state index contributed by atoms with van der Waals surface area (Å²) in [6.07, 6.45) is 4.05. The zero-order valence-electron chi connectivity index (χ0n) is 12.9. The number of thiocarbonyl (C=S) groups is 1. The Balaban J connectivity index is 1.97. The summed E-state index contributed by atoms with van der Waals surface area (Å²) in [5.41, 5.74) is 0.744. The van der Waals surface area contributed by atoms with Gasteiger partial charge in [-0.15, -0.1) is 0 Å². The number of methoxy groups -OCH3 is 1. The van der Waals surface area contributed by atoms with E-state index in [4.69, 9.17) is 17.0 Å². The standard InChI is InChI=1S/C15H28N2OS/c1-10(9-18-5)16-13(19)17-12-14(2,3)11-6-7-15(12,4)8-11/h10-12H,6-9H2,1-5H3,(H2,16,17,19). The molecule has 0 aromatic carbocycles. The maximum atomic E-state index is 5.47. The van der Waals surface area contributed by atoms with Crippen LogP contribution in [0, 0.1) is 16.7 Å². The molecule has 0 amide bonds. The van der Waals surface area contributed by atoms with Crippen LogP contribution >= 0.6 is 12.2 Å². The molecular weight excluding hydrogens is 256 g/mol. The maximum Gasteiger partial charge on any atom is 0.166 e. The van der Waals surface area contributed by atoms with E-state index in [-0.39, 0.29) is 6.04 Å². The Kier molecular flexibility index (Phi) is 4.12. The number of hydrogen-bond donors (Lipinski definition) is 2. The van der Waals surface area contributed by atoms with E-state index in [1.807, 2.05) is 0 Å². The largest absolute Gasteiger partial charge is 0.383 e. The molecule has 4 atom stereocenters. The topological polar surface area (TPSA) is 33.3 Å². The Morgan fingerprint density at radius 2 is 2.11 bits per heavy atom. The summed E-state index contributed by atoms with van der Waals surface area (Å²) in [5.74, 6) is 0.842. The van der Waals surface area contributed by atoms with E-state index < -0.39 is 0 Å². The predicted octanol–water partition coefficient (Wildman–Crippen LogP) is 2.70. The third kappa shape index (κ3) is 2.75. The van der Waals surface area contributed by atoms with Crippen LogP contribution in [-0.4, -0.2) is 30.9 Å². The van der Waals surface area contributed by atoms with E-state index in [2.05, 4.69) is 38.3 Å². The van der Waals surface area contributed by atoms with Crippen molar-refractivity contribution < 1.29 is 4.74 Å². The second-order valence-electron chi connectivity index (χ2n) is 7.32. The average Bonchev–Trinajstić information content (AvgIpc) is 2.76. The molecule has 2 aliphatic rings. The van der Waals surface area contributed by atoms with Crippen molar-refractivity contribution in [2.75, 3.05) is 13.7 Å². The van der Waals surface area contributed by atoms with E-state index in [0.717, 1.165) is 11.0 Å². The lowest BCUT2D eigenvalue weighted by molar-refractivity contribution is 0.124. The second-order valence-corrected chi connectivity index (χ2v) is 7.73. The molecule has 2 rings (SSSR count). The third-order valence-corrected chi connectivity index (χ3v) is 5.58. The molecule has 0 heterocycles. The van der Waals surface area contributed by atoms with Crippen LogP contribution < -0.4 is 10.6 Å². The number of nitrogens with one attached hydrogen (secondary N) is 2. The molecule has 2 aliphatic carbocycles. The lowest BCUT2D eigenvalue weighted by atomic mass is 9.68. The Morgan fingerprint density at radius 1 is 1.42 bits per heavy atom.